The number of aliphatic hydroxyl groups excluding tert-OH is 1. The van der Waals surface area contributed by atoms with Gasteiger partial charge in [-0.05, 0) is 44.6 Å². The maximum atomic E-state index is 8.58. The van der Waals surface area contributed by atoms with Gasteiger partial charge in [0.2, 0.25) is 0 Å². The first-order valence-electron chi connectivity index (χ1n) is 5.83. The number of hydrogen-bond acceptors (Lipinski definition) is 3. The zero-order valence-electron chi connectivity index (χ0n) is 9.00. The summed E-state index contributed by atoms with van der Waals surface area (Å²) in [6.07, 6.45) is 5.68. The number of ether oxygens (including phenoxy) is 1. The van der Waals surface area contributed by atoms with Gasteiger partial charge in [-0.2, -0.15) is 0 Å². The molecule has 0 aromatic carbocycles. The van der Waals surface area contributed by atoms with E-state index in [0.29, 0.717) is 6.61 Å². The maximum Gasteiger partial charge on any atom is 0.0506 e. The van der Waals surface area contributed by atoms with Crippen LogP contribution in [0, 0.1) is 5.92 Å². The van der Waals surface area contributed by atoms with Crippen LogP contribution in [0.4, 0.5) is 0 Å². The summed E-state index contributed by atoms with van der Waals surface area (Å²) in [5.74, 6) is 0.724. The minimum absolute atomic E-state index is 0.312. The minimum Gasteiger partial charge on any atom is -0.396 e. The van der Waals surface area contributed by atoms with Crippen molar-refractivity contribution in [2.45, 2.75) is 32.1 Å². The Kier molecular flexibility index (Phi) is 7.01. The largest absolute Gasteiger partial charge is 0.396 e. The highest BCUT2D eigenvalue weighted by molar-refractivity contribution is 4.67. The van der Waals surface area contributed by atoms with Crippen molar-refractivity contribution in [3.05, 3.63) is 0 Å². The molecule has 0 aliphatic carbocycles. The lowest BCUT2D eigenvalue weighted by Crippen LogP contribution is -2.32. The van der Waals surface area contributed by atoms with Crippen molar-refractivity contribution in [3.63, 3.8) is 0 Å². The summed E-state index contributed by atoms with van der Waals surface area (Å²) >= 11 is 0. The fourth-order valence-electron chi connectivity index (χ4n) is 1.81. The lowest BCUT2D eigenvalue weighted by Gasteiger charge is -2.22. The molecule has 1 aliphatic rings. The van der Waals surface area contributed by atoms with E-state index in [0.717, 1.165) is 44.9 Å². The van der Waals surface area contributed by atoms with E-state index in [-0.39, 0.29) is 0 Å². The fourth-order valence-corrected chi connectivity index (χ4v) is 1.81. The number of nitrogens with one attached hydrogen (secondary N) is 1. The molecule has 0 amide bonds. The average molecular weight is 201 g/mol. The first kappa shape index (κ1) is 12.0. The van der Waals surface area contributed by atoms with E-state index in [2.05, 4.69) is 5.32 Å². The average Bonchev–Trinajstić information content (AvgIpc) is 2.25. The summed E-state index contributed by atoms with van der Waals surface area (Å²) in [4.78, 5) is 0. The number of piperidine rings is 1. The molecule has 84 valence electrons. The topological polar surface area (TPSA) is 41.5 Å². The first-order chi connectivity index (χ1) is 6.93. The molecule has 2 N–H and O–H groups in total. The molecule has 3 heteroatoms. The smallest absolute Gasteiger partial charge is 0.0506 e. The predicted molar refractivity (Wildman–Crippen MR) is 57.3 cm³/mol. The van der Waals surface area contributed by atoms with Crippen LogP contribution in [0.2, 0.25) is 0 Å². The van der Waals surface area contributed by atoms with Crippen LogP contribution in [-0.2, 0) is 4.74 Å². The highest BCUT2D eigenvalue weighted by Crippen LogP contribution is 2.10. The van der Waals surface area contributed by atoms with Crippen LogP contribution in [0.5, 0.6) is 0 Å². The van der Waals surface area contributed by atoms with Crippen LogP contribution in [0.25, 0.3) is 0 Å². The van der Waals surface area contributed by atoms with Gasteiger partial charge in [-0.3, -0.25) is 0 Å². The summed E-state index contributed by atoms with van der Waals surface area (Å²) in [5, 5.41) is 12.0. The van der Waals surface area contributed by atoms with E-state index in [1.807, 2.05) is 0 Å². The molecule has 1 unspecified atom stereocenters. The van der Waals surface area contributed by atoms with Gasteiger partial charge in [-0.1, -0.05) is 0 Å². The number of aliphatic hydroxyl groups is 1. The monoisotopic (exact) mass is 201 g/mol. The van der Waals surface area contributed by atoms with Crippen molar-refractivity contribution in [2.24, 2.45) is 5.92 Å². The Labute approximate surface area is 86.8 Å². The summed E-state index contributed by atoms with van der Waals surface area (Å²) in [5.41, 5.74) is 0. The van der Waals surface area contributed by atoms with Crippen LogP contribution in [0.15, 0.2) is 0 Å². The van der Waals surface area contributed by atoms with Crippen LogP contribution < -0.4 is 5.32 Å². The lowest BCUT2D eigenvalue weighted by atomic mass is 10.0. The van der Waals surface area contributed by atoms with Gasteiger partial charge in [0.05, 0.1) is 6.61 Å². The molecule has 1 aliphatic heterocycles. The summed E-state index contributed by atoms with van der Waals surface area (Å²) in [7, 11) is 0. The molecule has 1 heterocycles. The van der Waals surface area contributed by atoms with Crippen molar-refractivity contribution in [3.8, 4) is 0 Å². The molecular formula is C11H23NO2. The maximum absolute atomic E-state index is 8.58. The molecule has 0 aromatic rings. The fraction of sp³-hybridized carbons (Fsp3) is 1.00. The van der Waals surface area contributed by atoms with Crippen molar-refractivity contribution in [1.29, 1.82) is 0 Å². The van der Waals surface area contributed by atoms with Crippen LogP contribution in [0.1, 0.15) is 32.1 Å². The van der Waals surface area contributed by atoms with Crippen molar-refractivity contribution >= 4 is 0 Å². The highest BCUT2D eigenvalue weighted by Gasteiger charge is 2.12. The molecule has 0 aromatic heterocycles. The van der Waals surface area contributed by atoms with Gasteiger partial charge < -0.3 is 15.2 Å². The van der Waals surface area contributed by atoms with E-state index in [1.165, 1.54) is 19.4 Å². The van der Waals surface area contributed by atoms with E-state index >= 15 is 0 Å². The summed E-state index contributed by atoms with van der Waals surface area (Å²) in [6, 6.07) is 0. The Morgan fingerprint density at radius 2 is 2.21 bits per heavy atom. The zero-order chi connectivity index (χ0) is 10.1. The van der Waals surface area contributed by atoms with Gasteiger partial charge in [-0.25, -0.2) is 0 Å². The van der Waals surface area contributed by atoms with Gasteiger partial charge in [0.15, 0.2) is 0 Å². The second kappa shape index (κ2) is 8.21. The first-order valence-corrected chi connectivity index (χ1v) is 5.83. The molecule has 0 radical (unpaired) electrons. The standard InChI is InChI=1S/C11H23NO2/c13-7-2-1-3-8-14-10-11-5-4-6-12-9-11/h11-13H,1-10H2. The molecule has 1 saturated heterocycles. The van der Waals surface area contributed by atoms with E-state index in [9.17, 15) is 0 Å². The van der Waals surface area contributed by atoms with E-state index in [4.69, 9.17) is 9.84 Å². The molecular weight excluding hydrogens is 178 g/mol. The predicted octanol–water partition coefficient (Wildman–Crippen LogP) is 1.17. The minimum atomic E-state index is 0.312. The van der Waals surface area contributed by atoms with Crippen molar-refractivity contribution in [1.82, 2.24) is 5.32 Å². The molecule has 0 spiro atoms. The Morgan fingerprint density at radius 3 is 2.93 bits per heavy atom. The summed E-state index contributed by atoms with van der Waals surface area (Å²) < 4.78 is 5.60. The zero-order valence-corrected chi connectivity index (χ0v) is 9.00. The van der Waals surface area contributed by atoms with E-state index in [1.54, 1.807) is 0 Å². The second-order valence-electron chi connectivity index (χ2n) is 4.07. The van der Waals surface area contributed by atoms with Gasteiger partial charge in [0.1, 0.15) is 0 Å². The third-order valence-corrected chi connectivity index (χ3v) is 2.70. The van der Waals surface area contributed by atoms with Crippen molar-refractivity contribution in [2.75, 3.05) is 32.9 Å². The van der Waals surface area contributed by atoms with E-state index < -0.39 is 0 Å². The number of hydrogen-bond donors (Lipinski definition) is 2. The van der Waals surface area contributed by atoms with Crippen molar-refractivity contribution < 1.29 is 9.84 Å². The van der Waals surface area contributed by atoms with Gasteiger partial charge in [0.25, 0.3) is 0 Å². The second-order valence-corrected chi connectivity index (χ2v) is 4.07. The normalized spacial score (nSPS) is 22.5. The Balaban J connectivity index is 1.82. The third kappa shape index (κ3) is 5.58. The van der Waals surface area contributed by atoms with Crippen LogP contribution in [-0.4, -0.2) is 38.0 Å². The van der Waals surface area contributed by atoms with Gasteiger partial charge in [-0.15, -0.1) is 0 Å². The Morgan fingerprint density at radius 1 is 1.29 bits per heavy atom. The lowest BCUT2D eigenvalue weighted by molar-refractivity contribution is 0.0862. The van der Waals surface area contributed by atoms with Gasteiger partial charge >= 0.3 is 0 Å². The molecule has 1 fully saturated rings. The molecule has 0 bridgehead atoms. The highest BCUT2D eigenvalue weighted by atomic mass is 16.5. The molecule has 3 nitrogen and oxygen atoms in total. The summed E-state index contributed by atoms with van der Waals surface area (Å²) in [6.45, 7) is 4.37. The van der Waals surface area contributed by atoms with Gasteiger partial charge in [0, 0.05) is 19.8 Å². The Hall–Kier alpha value is -0.120. The number of unbranched alkanes of at least 4 members (excludes halogenated alkanes) is 2. The molecule has 14 heavy (non-hydrogen) atoms. The molecule has 0 saturated carbocycles. The van der Waals surface area contributed by atoms with Crippen LogP contribution in [0.3, 0.4) is 0 Å². The SMILES string of the molecule is OCCCCCOCC1CCCNC1. The Bertz CT molecular complexity index is 124. The molecule has 1 atom stereocenters. The molecule has 1 rings (SSSR count). The number of rotatable bonds is 7. The third-order valence-electron chi connectivity index (χ3n) is 2.70. The quantitative estimate of drug-likeness (QED) is 0.607. The van der Waals surface area contributed by atoms with Crippen LogP contribution >= 0.6 is 0 Å².